The largest absolute Gasteiger partial charge is 0.351 e. The molecule has 0 saturated heterocycles. The first-order valence-corrected chi connectivity index (χ1v) is 8.78. The minimum atomic E-state index is 0.0361. The molecule has 1 N–H and O–H groups in total. The number of nitrogens with zero attached hydrogens (tertiary/aromatic N) is 1. The second-order valence-corrected chi connectivity index (χ2v) is 7.29. The van der Waals surface area contributed by atoms with E-state index in [2.05, 4.69) is 26.2 Å². The number of amides is 1. The molecular weight excluding hydrogens is 324 g/mol. The van der Waals surface area contributed by atoms with Crippen molar-refractivity contribution >= 4 is 33.2 Å². The van der Waals surface area contributed by atoms with Crippen LogP contribution in [-0.4, -0.2) is 22.8 Å². The molecule has 0 radical (unpaired) electrons. The van der Waals surface area contributed by atoms with Crippen LogP contribution in [0.1, 0.15) is 52.5 Å². The van der Waals surface area contributed by atoms with Gasteiger partial charge in [0.2, 0.25) is 0 Å². The van der Waals surface area contributed by atoms with Gasteiger partial charge in [0.05, 0.1) is 10.7 Å². The lowest BCUT2D eigenvalue weighted by Crippen LogP contribution is -2.40. The van der Waals surface area contributed by atoms with Crippen molar-refractivity contribution in [3.8, 4) is 0 Å². The van der Waals surface area contributed by atoms with E-state index in [1.165, 1.54) is 43.4 Å². The highest BCUT2D eigenvalue weighted by Crippen LogP contribution is 2.37. The van der Waals surface area contributed by atoms with Gasteiger partial charge in [0.1, 0.15) is 4.88 Å². The third-order valence-corrected chi connectivity index (χ3v) is 6.19. The highest BCUT2D eigenvalue weighted by atomic mass is 79.9. The molecule has 0 bridgehead atoms. The fourth-order valence-electron chi connectivity index (χ4n) is 2.75. The van der Waals surface area contributed by atoms with Crippen molar-refractivity contribution in [3.05, 3.63) is 15.6 Å². The quantitative estimate of drug-likeness (QED) is 0.843. The molecule has 0 aliphatic heterocycles. The molecule has 106 valence electrons. The molecule has 0 atom stereocenters. The van der Waals surface area contributed by atoms with Gasteiger partial charge in [-0.25, -0.2) is 4.98 Å². The Morgan fingerprint density at radius 3 is 2.58 bits per heavy atom. The van der Waals surface area contributed by atoms with Crippen molar-refractivity contribution < 1.29 is 4.79 Å². The molecule has 19 heavy (non-hydrogen) atoms. The van der Waals surface area contributed by atoms with Crippen LogP contribution in [0.4, 0.5) is 0 Å². The van der Waals surface area contributed by atoms with Crippen LogP contribution in [0.5, 0.6) is 0 Å². The predicted octanol–water partition coefficient (Wildman–Crippen LogP) is 3.84. The maximum atomic E-state index is 12.2. The molecule has 1 heterocycles. The molecule has 1 saturated carbocycles. The van der Waals surface area contributed by atoms with Gasteiger partial charge in [0.15, 0.2) is 0 Å². The van der Waals surface area contributed by atoms with E-state index < -0.39 is 0 Å². The fraction of sp³-hybridized carbons (Fsp3) is 0.714. The summed E-state index contributed by atoms with van der Waals surface area (Å²) in [5.74, 6) is 0.0361. The van der Waals surface area contributed by atoms with Crippen LogP contribution in [-0.2, 0) is 0 Å². The molecule has 2 rings (SSSR count). The lowest BCUT2D eigenvalue weighted by molar-refractivity contribution is 0.0925. The number of carbonyl (C=O) groups is 1. The van der Waals surface area contributed by atoms with Crippen molar-refractivity contribution in [2.45, 2.75) is 46.0 Å². The Morgan fingerprint density at radius 2 is 2.05 bits per heavy atom. The Labute approximate surface area is 127 Å². The smallest absolute Gasteiger partial charge is 0.263 e. The molecule has 3 nitrogen and oxygen atoms in total. The number of carbonyl (C=O) groups excluding carboxylic acids is 1. The SMILES string of the molecule is Cc1nc(C)c(C(=O)NCC2(CBr)CCCCC2)s1. The number of rotatable bonds is 4. The van der Waals surface area contributed by atoms with E-state index in [1.807, 2.05) is 13.8 Å². The normalized spacial score (nSPS) is 18.3. The van der Waals surface area contributed by atoms with Gasteiger partial charge in [-0.2, -0.15) is 0 Å². The number of alkyl halides is 1. The molecule has 0 unspecified atom stereocenters. The first-order valence-electron chi connectivity index (χ1n) is 6.84. The minimum absolute atomic E-state index is 0.0361. The third-order valence-electron chi connectivity index (χ3n) is 3.93. The van der Waals surface area contributed by atoms with E-state index >= 15 is 0 Å². The van der Waals surface area contributed by atoms with E-state index in [9.17, 15) is 4.79 Å². The van der Waals surface area contributed by atoms with Gasteiger partial charge in [-0.1, -0.05) is 35.2 Å². The number of aromatic nitrogens is 1. The number of aryl methyl sites for hydroxylation is 2. The zero-order valence-corrected chi connectivity index (χ0v) is 14.0. The molecule has 1 fully saturated rings. The van der Waals surface area contributed by atoms with Crippen molar-refractivity contribution in [1.82, 2.24) is 10.3 Å². The molecule has 0 spiro atoms. The van der Waals surface area contributed by atoms with Crippen molar-refractivity contribution in [1.29, 1.82) is 0 Å². The van der Waals surface area contributed by atoms with Gasteiger partial charge in [-0.15, -0.1) is 11.3 Å². The second-order valence-electron chi connectivity index (χ2n) is 5.52. The minimum Gasteiger partial charge on any atom is -0.351 e. The molecule has 1 amide bonds. The Kier molecular flexibility index (Phi) is 5.01. The average Bonchev–Trinajstić information content (AvgIpc) is 2.76. The summed E-state index contributed by atoms with van der Waals surface area (Å²) in [5.41, 5.74) is 1.10. The van der Waals surface area contributed by atoms with Gasteiger partial charge in [-0.05, 0) is 32.1 Å². The van der Waals surface area contributed by atoms with Crippen molar-refractivity contribution in [2.75, 3.05) is 11.9 Å². The summed E-state index contributed by atoms with van der Waals surface area (Å²) in [5, 5.41) is 5.04. The van der Waals surface area contributed by atoms with Gasteiger partial charge >= 0.3 is 0 Å². The van der Waals surface area contributed by atoms with Crippen LogP contribution in [0.15, 0.2) is 0 Å². The summed E-state index contributed by atoms with van der Waals surface area (Å²) < 4.78 is 0. The average molecular weight is 345 g/mol. The van der Waals surface area contributed by atoms with E-state index in [0.29, 0.717) is 0 Å². The number of thiazole rings is 1. The monoisotopic (exact) mass is 344 g/mol. The molecule has 0 aromatic carbocycles. The molecular formula is C14H21BrN2OS. The summed E-state index contributed by atoms with van der Waals surface area (Å²) >= 11 is 5.11. The molecule has 1 aromatic rings. The van der Waals surface area contributed by atoms with Crippen LogP contribution >= 0.6 is 27.3 Å². The Bertz CT molecular complexity index is 452. The number of hydrogen-bond acceptors (Lipinski definition) is 3. The lowest BCUT2D eigenvalue weighted by Gasteiger charge is -2.35. The molecule has 5 heteroatoms. The van der Waals surface area contributed by atoms with Crippen LogP contribution < -0.4 is 5.32 Å². The van der Waals surface area contributed by atoms with Gasteiger partial charge in [-0.3, -0.25) is 4.79 Å². The van der Waals surface area contributed by atoms with E-state index in [4.69, 9.17) is 0 Å². The third kappa shape index (κ3) is 3.57. The standard InChI is InChI=1S/C14H21BrN2OS/c1-10-12(19-11(2)17-10)13(18)16-9-14(8-15)6-4-3-5-7-14/h3-9H2,1-2H3,(H,16,18). The highest BCUT2D eigenvalue weighted by molar-refractivity contribution is 9.09. The van der Waals surface area contributed by atoms with Crippen molar-refractivity contribution in [2.24, 2.45) is 5.41 Å². The molecule has 1 aromatic heterocycles. The first kappa shape index (κ1) is 15.0. The zero-order chi connectivity index (χ0) is 13.9. The van der Waals surface area contributed by atoms with Crippen molar-refractivity contribution in [3.63, 3.8) is 0 Å². The van der Waals surface area contributed by atoms with Crippen LogP contribution in [0.3, 0.4) is 0 Å². The maximum absolute atomic E-state index is 12.2. The summed E-state index contributed by atoms with van der Waals surface area (Å²) in [4.78, 5) is 17.3. The Balaban J connectivity index is 1.97. The second kappa shape index (κ2) is 6.35. The number of hydrogen-bond donors (Lipinski definition) is 1. The van der Waals surface area contributed by atoms with E-state index in [-0.39, 0.29) is 11.3 Å². The Morgan fingerprint density at radius 1 is 1.37 bits per heavy atom. The molecule has 1 aliphatic rings. The van der Waals surface area contributed by atoms with Crippen LogP contribution in [0, 0.1) is 19.3 Å². The lowest BCUT2D eigenvalue weighted by atomic mass is 9.75. The number of nitrogens with one attached hydrogen (secondary N) is 1. The first-order chi connectivity index (χ1) is 9.06. The van der Waals surface area contributed by atoms with E-state index in [1.54, 1.807) is 0 Å². The number of halogens is 1. The fourth-order valence-corrected chi connectivity index (χ4v) is 4.34. The van der Waals surface area contributed by atoms with Gasteiger partial charge in [0.25, 0.3) is 5.91 Å². The Hall–Kier alpha value is -0.420. The summed E-state index contributed by atoms with van der Waals surface area (Å²) in [6.07, 6.45) is 6.30. The highest BCUT2D eigenvalue weighted by Gasteiger charge is 2.31. The van der Waals surface area contributed by atoms with Gasteiger partial charge < -0.3 is 5.32 Å². The van der Waals surface area contributed by atoms with Crippen LogP contribution in [0.2, 0.25) is 0 Å². The topological polar surface area (TPSA) is 42.0 Å². The summed E-state index contributed by atoms with van der Waals surface area (Å²) in [7, 11) is 0. The summed E-state index contributed by atoms with van der Waals surface area (Å²) in [6, 6.07) is 0. The zero-order valence-electron chi connectivity index (χ0n) is 11.6. The van der Waals surface area contributed by atoms with Crippen LogP contribution in [0.25, 0.3) is 0 Å². The summed E-state index contributed by atoms with van der Waals surface area (Å²) in [6.45, 7) is 4.61. The predicted molar refractivity (Wildman–Crippen MR) is 83.2 cm³/mol. The molecule has 1 aliphatic carbocycles. The van der Waals surface area contributed by atoms with Gasteiger partial charge in [0, 0.05) is 11.9 Å². The maximum Gasteiger partial charge on any atom is 0.263 e. The van der Waals surface area contributed by atoms with E-state index in [0.717, 1.165) is 27.5 Å².